The average molecular weight is 508 g/mol. The molecule has 0 bridgehead atoms. The minimum atomic E-state index is -0.699. The monoisotopic (exact) mass is 508 g/mol. The number of aromatic nitrogens is 1. The summed E-state index contributed by atoms with van der Waals surface area (Å²) in [5, 5.41) is 18.9. The van der Waals surface area contributed by atoms with E-state index in [0.717, 1.165) is 0 Å². The zero-order valence-electron chi connectivity index (χ0n) is 15.7. The van der Waals surface area contributed by atoms with E-state index in [1.165, 1.54) is 6.07 Å². The molecular formula is C19H17IN4O5. The number of nitriles is 2. The molecule has 0 fully saturated rings. The highest BCUT2D eigenvalue weighted by molar-refractivity contribution is 14.1. The number of rotatable bonds is 7. The Labute approximate surface area is 180 Å². The molecule has 3 N–H and O–H groups in total. The number of aromatic amines is 1. The van der Waals surface area contributed by atoms with Crippen LogP contribution in [-0.2, 0) is 9.53 Å². The number of hydrogen-bond donors (Lipinski definition) is 2. The van der Waals surface area contributed by atoms with Crippen LogP contribution in [0.25, 0.3) is 11.1 Å². The molecular weight excluding hydrogens is 491 g/mol. The van der Waals surface area contributed by atoms with Crippen molar-refractivity contribution in [1.82, 2.24) is 4.98 Å². The molecule has 29 heavy (non-hydrogen) atoms. The van der Waals surface area contributed by atoms with Crippen molar-refractivity contribution in [2.45, 2.75) is 13.8 Å². The number of nitrogens with two attached hydrogens (primary N) is 1. The molecule has 0 aliphatic carbocycles. The van der Waals surface area contributed by atoms with Gasteiger partial charge in [0.2, 0.25) is 0 Å². The lowest BCUT2D eigenvalue weighted by molar-refractivity contribution is -0.145. The first-order chi connectivity index (χ1) is 13.9. The van der Waals surface area contributed by atoms with E-state index in [1.807, 2.05) is 34.7 Å². The van der Waals surface area contributed by atoms with Crippen LogP contribution in [0.3, 0.4) is 0 Å². The normalized spacial score (nSPS) is 9.97. The summed E-state index contributed by atoms with van der Waals surface area (Å²) in [6, 6.07) is 6.88. The lowest BCUT2D eigenvalue weighted by Gasteiger charge is -2.16. The molecule has 0 aliphatic rings. The van der Waals surface area contributed by atoms with Gasteiger partial charge in [-0.25, -0.2) is 4.79 Å². The van der Waals surface area contributed by atoms with Crippen LogP contribution in [0.5, 0.6) is 11.5 Å². The molecule has 0 spiro atoms. The van der Waals surface area contributed by atoms with Gasteiger partial charge >= 0.3 is 5.97 Å². The van der Waals surface area contributed by atoms with Gasteiger partial charge in [-0.15, -0.1) is 0 Å². The predicted molar refractivity (Wildman–Crippen MR) is 112 cm³/mol. The second kappa shape index (κ2) is 9.80. The Kier molecular flexibility index (Phi) is 7.45. The highest BCUT2D eigenvalue weighted by Crippen LogP contribution is 2.39. The molecule has 2 aromatic rings. The second-order valence-corrected chi connectivity index (χ2v) is 6.69. The second-order valence-electron chi connectivity index (χ2n) is 5.53. The number of carbonyl (C=O) groups is 1. The number of carbonyl (C=O) groups excluding carboxylic acids is 1. The fourth-order valence-electron chi connectivity index (χ4n) is 2.58. The summed E-state index contributed by atoms with van der Waals surface area (Å²) in [6.45, 7) is 3.67. The summed E-state index contributed by atoms with van der Waals surface area (Å²) in [5.74, 6) is -0.0813. The molecule has 9 nitrogen and oxygen atoms in total. The van der Waals surface area contributed by atoms with E-state index in [0.29, 0.717) is 21.5 Å². The Morgan fingerprint density at radius 3 is 2.45 bits per heavy atom. The number of H-pyrrole nitrogens is 1. The Morgan fingerprint density at radius 1 is 1.17 bits per heavy atom. The Hall–Kier alpha value is -3.25. The van der Waals surface area contributed by atoms with Gasteiger partial charge in [0.1, 0.15) is 29.1 Å². The van der Waals surface area contributed by atoms with Gasteiger partial charge < -0.3 is 24.9 Å². The first kappa shape index (κ1) is 22.0. The number of pyridine rings is 1. The third kappa shape index (κ3) is 4.78. The van der Waals surface area contributed by atoms with Crippen LogP contribution in [0.4, 0.5) is 5.82 Å². The van der Waals surface area contributed by atoms with Crippen LogP contribution < -0.4 is 20.8 Å². The topological polar surface area (TPSA) is 151 Å². The van der Waals surface area contributed by atoms with E-state index in [2.05, 4.69) is 4.98 Å². The van der Waals surface area contributed by atoms with Crippen molar-refractivity contribution in [2.75, 3.05) is 25.6 Å². The Morgan fingerprint density at radius 2 is 1.86 bits per heavy atom. The van der Waals surface area contributed by atoms with Crippen molar-refractivity contribution in [3.8, 4) is 34.8 Å². The number of halogens is 1. The van der Waals surface area contributed by atoms with Gasteiger partial charge in [0.05, 0.1) is 16.8 Å². The lowest BCUT2D eigenvalue weighted by atomic mass is 9.96. The minimum absolute atomic E-state index is 0.0282. The van der Waals surface area contributed by atoms with Crippen molar-refractivity contribution >= 4 is 34.4 Å². The molecule has 1 aromatic heterocycles. The van der Waals surface area contributed by atoms with Crippen LogP contribution in [0.15, 0.2) is 16.9 Å². The quantitative estimate of drug-likeness (QED) is 0.427. The van der Waals surface area contributed by atoms with Crippen molar-refractivity contribution < 1.29 is 19.0 Å². The van der Waals surface area contributed by atoms with Crippen molar-refractivity contribution in [3.63, 3.8) is 0 Å². The molecule has 0 unspecified atom stereocenters. The molecule has 0 aliphatic heterocycles. The number of benzene rings is 1. The number of nitrogens with zero attached hydrogens (tertiary/aromatic N) is 2. The lowest BCUT2D eigenvalue weighted by Crippen LogP contribution is -2.17. The molecule has 10 heteroatoms. The largest absolute Gasteiger partial charge is 0.490 e. The van der Waals surface area contributed by atoms with Crippen molar-refractivity contribution in [1.29, 1.82) is 10.5 Å². The van der Waals surface area contributed by atoms with E-state index in [-0.39, 0.29) is 41.5 Å². The summed E-state index contributed by atoms with van der Waals surface area (Å²) >= 11 is 1.97. The molecule has 0 radical (unpaired) electrons. The predicted octanol–water partition coefficient (Wildman–Crippen LogP) is 2.31. The van der Waals surface area contributed by atoms with Gasteiger partial charge in [0, 0.05) is 5.56 Å². The summed E-state index contributed by atoms with van der Waals surface area (Å²) in [7, 11) is 0. The van der Waals surface area contributed by atoms with Gasteiger partial charge in [0.25, 0.3) is 5.56 Å². The highest BCUT2D eigenvalue weighted by Gasteiger charge is 2.22. The van der Waals surface area contributed by atoms with E-state index in [1.54, 1.807) is 19.9 Å². The standard InChI is InChI=1S/C19H17IN4O5/c1-3-27-14-6-10(5-13(20)17(14)29-9-15(25)28-4-2)16-11(7-21)18(23)24-19(26)12(16)8-22/h5-6H,3-4,9H2,1-2H3,(H3,23,24,26). The zero-order chi connectivity index (χ0) is 21.6. The summed E-state index contributed by atoms with van der Waals surface area (Å²) in [4.78, 5) is 26.1. The van der Waals surface area contributed by atoms with Crippen LogP contribution in [-0.4, -0.2) is 30.8 Å². The Balaban J connectivity index is 2.66. The number of anilines is 1. The van der Waals surface area contributed by atoms with Gasteiger partial charge in [-0.05, 0) is 54.1 Å². The van der Waals surface area contributed by atoms with Gasteiger partial charge in [-0.2, -0.15) is 10.5 Å². The summed E-state index contributed by atoms with van der Waals surface area (Å²) in [6.07, 6.45) is 0. The molecule has 1 heterocycles. The first-order valence-corrected chi connectivity index (χ1v) is 9.56. The molecule has 0 saturated heterocycles. The molecule has 0 atom stereocenters. The number of hydrogen-bond acceptors (Lipinski definition) is 8. The van der Waals surface area contributed by atoms with Gasteiger partial charge in [0.15, 0.2) is 18.1 Å². The van der Waals surface area contributed by atoms with Crippen LogP contribution >= 0.6 is 22.6 Å². The Bertz CT molecular complexity index is 1080. The average Bonchev–Trinajstić information content (AvgIpc) is 2.67. The van der Waals surface area contributed by atoms with Gasteiger partial charge in [-0.1, -0.05) is 0 Å². The molecule has 1 aromatic carbocycles. The maximum Gasteiger partial charge on any atom is 0.344 e. The minimum Gasteiger partial charge on any atom is -0.490 e. The molecule has 0 amide bonds. The van der Waals surface area contributed by atoms with Crippen molar-refractivity contribution in [2.24, 2.45) is 0 Å². The van der Waals surface area contributed by atoms with E-state index in [9.17, 15) is 20.1 Å². The maximum absolute atomic E-state index is 12.2. The first-order valence-electron chi connectivity index (χ1n) is 8.48. The fraction of sp³-hybridized carbons (Fsp3) is 0.263. The molecule has 0 saturated carbocycles. The van der Waals surface area contributed by atoms with Crippen LogP contribution in [0.2, 0.25) is 0 Å². The fourth-order valence-corrected chi connectivity index (χ4v) is 3.34. The number of esters is 1. The number of nitrogen functional groups attached to an aromatic ring is 1. The molecule has 150 valence electrons. The smallest absolute Gasteiger partial charge is 0.344 e. The van der Waals surface area contributed by atoms with Crippen LogP contribution in [0.1, 0.15) is 25.0 Å². The highest BCUT2D eigenvalue weighted by atomic mass is 127. The summed E-state index contributed by atoms with van der Waals surface area (Å²) in [5.41, 5.74) is 5.29. The van der Waals surface area contributed by atoms with E-state index < -0.39 is 11.5 Å². The molecule has 2 rings (SSSR count). The third-order valence-corrected chi connectivity index (χ3v) is 4.51. The maximum atomic E-state index is 12.2. The van der Waals surface area contributed by atoms with Crippen LogP contribution in [0, 0.1) is 26.2 Å². The van der Waals surface area contributed by atoms with Gasteiger partial charge in [-0.3, -0.25) is 4.79 Å². The summed E-state index contributed by atoms with van der Waals surface area (Å²) < 4.78 is 16.6. The third-order valence-electron chi connectivity index (χ3n) is 3.71. The van der Waals surface area contributed by atoms with E-state index in [4.69, 9.17) is 19.9 Å². The number of nitrogens with one attached hydrogen (secondary N) is 1. The SMILES string of the molecule is CCOC(=O)COc1c(I)cc(-c2c(C#N)c(N)[nH]c(=O)c2C#N)cc1OCC. The zero-order valence-corrected chi connectivity index (χ0v) is 17.8. The number of ether oxygens (including phenoxy) is 3. The van der Waals surface area contributed by atoms with E-state index >= 15 is 0 Å². The van der Waals surface area contributed by atoms with Crippen molar-refractivity contribution in [3.05, 3.63) is 37.2 Å².